The van der Waals surface area contributed by atoms with Gasteiger partial charge in [-0.3, -0.25) is 0 Å². The van der Waals surface area contributed by atoms with E-state index >= 15 is 0 Å². The summed E-state index contributed by atoms with van der Waals surface area (Å²) >= 11 is 0. The van der Waals surface area contributed by atoms with Crippen LogP contribution in [-0.2, 0) is 10.3 Å². The fourth-order valence-corrected chi connectivity index (χ4v) is 0.800. The van der Waals surface area contributed by atoms with Crippen LogP contribution >= 0.6 is 0 Å². The van der Waals surface area contributed by atoms with E-state index in [9.17, 15) is 13.0 Å². The fourth-order valence-electron chi connectivity index (χ4n) is 0.446. The van der Waals surface area contributed by atoms with E-state index < -0.39 is 23.0 Å². The van der Waals surface area contributed by atoms with Gasteiger partial charge < -0.3 is 14.8 Å². The number of nitrogens with zero attached hydrogens (tertiary/aromatic N) is 1. The van der Waals surface area contributed by atoms with Crippen molar-refractivity contribution in [2.24, 2.45) is 0 Å². The Hall–Kier alpha value is 1.43. The van der Waals surface area contributed by atoms with Crippen LogP contribution in [0.15, 0.2) is 0 Å². The van der Waals surface area contributed by atoms with E-state index in [1.54, 1.807) is 0 Å². The molecule has 0 saturated heterocycles. The van der Waals surface area contributed by atoms with Crippen molar-refractivity contribution in [3.63, 3.8) is 0 Å². The summed E-state index contributed by atoms with van der Waals surface area (Å²) in [5.74, 6) is 0. The first-order valence-electron chi connectivity index (χ1n) is 2.84. The third kappa shape index (κ3) is 6.89. The van der Waals surface area contributed by atoms with Crippen molar-refractivity contribution in [2.45, 2.75) is 6.10 Å². The van der Waals surface area contributed by atoms with Crippen LogP contribution in [0.25, 0.3) is 0 Å². The molecule has 0 aliphatic heterocycles. The standard InChI is InChI=1S/C4H11NO5S.K/c1-5(11(8,9)10)2-4(7)3-6;/h4,6-7H,2-3H2,1H3,(H,8,9,10);/q;+1/p-1. The quantitative estimate of drug-likeness (QED) is 0.366. The average Bonchev–Trinajstić information content (AvgIpc) is 1.85. The minimum atomic E-state index is -4.50. The molecule has 8 heteroatoms. The molecule has 0 fully saturated rings. The van der Waals surface area contributed by atoms with Crippen molar-refractivity contribution < 1.29 is 74.6 Å². The first-order valence-corrected chi connectivity index (χ1v) is 4.20. The smallest absolute Gasteiger partial charge is 0.735 e. The third-order valence-corrected chi connectivity index (χ3v) is 1.97. The van der Waals surface area contributed by atoms with Gasteiger partial charge >= 0.3 is 51.4 Å². The monoisotopic (exact) mass is 223 g/mol. The van der Waals surface area contributed by atoms with Crippen molar-refractivity contribution in [3.8, 4) is 0 Å². The zero-order valence-electron chi connectivity index (χ0n) is 6.97. The SMILES string of the molecule is CN(CC(O)CO)S(=O)(=O)[O-].[K+]. The number of hydrogen-bond acceptors (Lipinski definition) is 5. The summed E-state index contributed by atoms with van der Waals surface area (Å²) in [7, 11) is -3.47. The predicted molar refractivity (Wildman–Crippen MR) is 35.4 cm³/mol. The molecular formula is C4H10KNO5S. The fraction of sp³-hybridized carbons (Fsp3) is 1.00. The molecule has 1 atom stereocenters. The van der Waals surface area contributed by atoms with Crippen LogP contribution in [0, 0.1) is 0 Å². The van der Waals surface area contributed by atoms with Crippen LogP contribution in [0.5, 0.6) is 0 Å². The molecular weight excluding hydrogens is 213 g/mol. The number of aliphatic hydroxyl groups is 2. The molecule has 0 aromatic carbocycles. The second-order valence-electron chi connectivity index (χ2n) is 2.07. The summed E-state index contributed by atoms with van der Waals surface area (Å²) in [6.07, 6.45) is -1.20. The van der Waals surface area contributed by atoms with Crippen molar-refractivity contribution >= 4 is 10.3 Å². The van der Waals surface area contributed by atoms with Crippen LogP contribution in [-0.4, -0.2) is 53.8 Å². The van der Waals surface area contributed by atoms with E-state index in [4.69, 9.17) is 10.2 Å². The van der Waals surface area contributed by atoms with Crippen molar-refractivity contribution in [1.29, 1.82) is 0 Å². The van der Waals surface area contributed by atoms with Gasteiger partial charge in [0.1, 0.15) is 0 Å². The molecule has 12 heavy (non-hydrogen) atoms. The maximum absolute atomic E-state index is 10.2. The Labute approximate surface area is 114 Å². The molecule has 0 spiro atoms. The maximum atomic E-state index is 10.2. The Morgan fingerprint density at radius 2 is 2.00 bits per heavy atom. The predicted octanol–water partition coefficient (Wildman–Crippen LogP) is -5.26. The molecule has 0 aromatic rings. The summed E-state index contributed by atoms with van der Waals surface area (Å²) in [5.41, 5.74) is 0. The number of hydrogen-bond donors (Lipinski definition) is 2. The molecule has 6 nitrogen and oxygen atoms in total. The zero-order chi connectivity index (χ0) is 9.07. The van der Waals surface area contributed by atoms with E-state index in [0.29, 0.717) is 4.31 Å². The Bertz CT molecular complexity index is 205. The van der Waals surface area contributed by atoms with Gasteiger partial charge in [0.2, 0.25) is 0 Å². The van der Waals surface area contributed by atoms with E-state index in [-0.39, 0.29) is 57.9 Å². The summed E-state index contributed by atoms with van der Waals surface area (Å²) in [5, 5.41) is 17.0. The van der Waals surface area contributed by atoms with Crippen LogP contribution in [0.2, 0.25) is 0 Å². The molecule has 0 bridgehead atoms. The topological polar surface area (TPSA) is 101 Å². The molecule has 0 aliphatic rings. The van der Waals surface area contributed by atoms with Crippen molar-refractivity contribution in [2.75, 3.05) is 20.2 Å². The van der Waals surface area contributed by atoms with Gasteiger partial charge in [0.05, 0.1) is 12.7 Å². The van der Waals surface area contributed by atoms with Crippen molar-refractivity contribution in [1.82, 2.24) is 4.31 Å². The second kappa shape index (κ2) is 6.82. The molecule has 0 radical (unpaired) electrons. The van der Waals surface area contributed by atoms with E-state index in [1.807, 2.05) is 0 Å². The van der Waals surface area contributed by atoms with Gasteiger partial charge in [-0.15, -0.1) is 0 Å². The van der Waals surface area contributed by atoms with Gasteiger partial charge in [0.25, 0.3) is 0 Å². The van der Waals surface area contributed by atoms with Crippen LogP contribution < -0.4 is 51.4 Å². The van der Waals surface area contributed by atoms with E-state index in [0.717, 1.165) is 7.05 Å². The maximum Gasteiger partial charge on any atom is 1.00 e. The average molecular weight is 223 g/mol. The van der Waals surface area contributed by atoms with Gasteiger partial charge in [-0.05, 0) is 0 Å². The van der Waals surface area contributed by atoms with Gasteiger partial charge in [0, 0.05) is 13.6 Å². The molecule has 0 saturated carbocycles. The molecule has 0 heterocycles. The van der Waals surface area contributed by atoms with Crippen LogP contribution in [0.3, 0.4) is 0 Å². The molecule has 68 valence electrons. The minimum Gasteiger partial charge on any atom is -0.735 e. The summed E-state index contributed by atoms with van der Waals surface area (Å²) < 4.78 is 30.9. The third-order valence-electron chi connectivity index (χ3n) is 1.06. The molecule has 0 aliphatic carbocycles. The Kier molecular flexibility index (Phi) is 9.02. The minimum absolute atomic E-state index is 0. The van der Waals surface area contributed by atoms with E-state index in [2.05, 4.69) is 0 Å². The second-order valence-corrected chi connectivity index (χ2v) is 3.55. The van der Waals surface area contributed by atoms with Crippen LogP contribution in [0.1, 0.15) is 0 Å². The number of likely N-dealkylation sites (N-methyl/N-ethyl adjacent to an activating group) is 1. The summed E-state index contributed by atoms with van der Waals surface area (Å²) in [4.78, 5) is 0. The van der Waals surface area contributed by atoms with Gasteiger partial charge in [-0.2, -0.15) is 0 Å². The molecule has 0 rings (SSSR count). The molecule has 0 aromatic heterocycles. The summed E-state index contributed by atoms with van der Waals surface area (Å²) in [6, 6.07) is 0. The first kappa shape index (κ1) is 15.9. The first-order chi connectivity index (χ1) is 4.88. The largest absolute Gasteiger partial charge is 1.00 e. The van der Waals surface area contributed by atoms with Gasteiger partial charge in [-0.1, -0.05) is 0 Å². The normalized spacial score (nSPS) is 14.1. The molecule has 1 unspecified atom stereocenters. The Balaban J connectivity index is 0. The number of rotatable bonds is 4. The van der Waals surface area contributed by atoms with Gasteiger partial charge in [-0.25, -0.2) is 12.7 Å². The summed E-state index contributed by atoms with van der Waals surface area (Å²) in [6.45, 7) is -0.956. The van der Waals surface area contributed by atoms with E-state index in [1.165, 1.54) is 0 Å². The molecule has 2 N–H and O–H groups in total. The van der Waals surface area contributed by atoms with Crippen molar-refractivity contribution in [3.05, 3.63) is 0 Å². The Morgan fingerprint density at radius 3 is 2.25 bits per heavy atom. The molecule has 0 amide bonds. The Morgan fingerprint density at radius 1 is 1.58 bits per heavy atom. The zero-order valence-corrected chi connectivity index (χ0v) is 10.9. The van der Waals surface area contributed by atoms with Crippen LogP contribution in [0.4, 0.5) is 0 Å². The van der Waals surface area contributed by atoms with Gasteiger partial charge in [0.15, 0.2) is 10.3 Å². The number of aliphatic hydroxyl groups excluding tert-OH is 2.